The topological polar surface area (TPSA) is 90.3 Å². The van der Waals surface area contributed by atoms with Gasteiger partial charge in [-0.3, -0.25) is 9.78 Å². The molecule has 1 aromatic heterocycles. The lowest BCUT2D eigenvalue weighted by molar-refractivity contribution is -0.116. The van der Waals surface area contributed by atoms with Crippen LogP contribution in [0.5, 0.6) is 5.75 Å². The van der Waals surface area contributed by atoms with Crippen LogP contribution >= 0.6 is 11.6 Å². The highest BCUT2D eigenvalue weighted by Crippen LogP contribution is 2.34. The molecule has 0 atom stereocenters. The van der Waals surface area contributed by atoms with Gasteiger partial charge in [0.2, 0.25) is 5.91 Å². The second kappa shape index (κ2) is 10.3. The third-order valence-corrected chi connectivity index (χ3v) is 5.33. The van der Waals surface area contributed by atoms with Crippen molar-refractivity contribution >= 4 is 45.5 Å². The van der Waals surface area contributed by atoms with E-state index in [2.05, 4.69) is 21.7 Å². The van der Waals surface area contributed by atoms with E-state index in [4.69, 9.17) is 16.3 Å². The monoisotopic (exact) mass is 451 g/mol. The number of pyridine rings is 1. The Labute approximate surface area is 193 Å². The lowest BCUT2D eigenvalue weighted by Crippen LogP contribution is -2.17. The van der Waals surface area contributed by atoms with Crippen molar-refractivity contribution in [1.29, 1.82) is 5.26 Å². The Morgan fingerprint density at radius 3 is 2.72 bits per heavy atom. The van der Waals surface area contributed by atoms with Crippen LogP contribution in [0, 0.1) is 18.3 Å². The highest BCUT2D eigenvalue weighted by Gasteiger charge is 2.14. The van der Waals surface area contributed by atoms with Crippen molar-refractivity contribution in [2.45, 2.75) is 19.8 Å². The first-order valence-corrected chi connectivity index (χ1v) is 10.6. The van der Waals surface area contributed by atoms with Gasteiger partial charge in [-0.15, -0.1) is 0 Å². The van der Waals surface area contributed by atoms with E-state index < -0.39 is 0 Å². The van der Waals surface area contributed by atoms with Gasteiger partial charge < -0.3 is 20.3 Å². The molecular weight excluding hydrogens is 426 g/mol. The number of amides is 1. The van der Waals surface area contributed by atoms with Gasteiger partial charge >= 0.3 is 0 Å². The fourth-order valence-corrected chi connectivity index (χ4v) is 3.61. The second-order valence-corrected chi connectivity index (χ2v) is 8.18. The van der Waals surface area contributed by atoms with Crippen molar-refractivity contribution in [1.82, 2.24) is 9.88 Å². The first-order chi connectivity index (χ1) is 15.3. The number of carbonyl (C=O) groups excluding carboxylic acids is 1. The minimum absolute atomic E-state index is 0.0462. The van der Waals surface area contributed by atoms with Crippen LogP contribution in [-0.4, -0.2) is 43.5 Å². The van der Waals surface area contributed by atoms with Crippen molar-refractivity contribution < 1.29 is 9.53 Å². The molecule has 7 nitrogen and oxygen atoms in total. The average Bonchev–Trinajstić information content (AvgIpc) is 2.74. The summed E-state index contributed by atoms with van der Waals surface area (Å²) in [6.45, 7) is 2.77. The predicted octanol–water partition coefficient (Wildman–Crippen LogP) is 5.10. The molecule has 2 aromatic carbocycles. The van der Waals surface area contributed by atoms with Crippen LogP contribution in [-0.2, 0) is 4.79 Å². The number of aromatic nitrogens is 1. The number of rotatable bonds is 8. The Balaban J connectivity index is 1.96. The molecule has 0 bridgehead atoms. The minimum atomic E-state index is -0.0462. The zero-order chi connectivity index (χ0) is 23.3. The van der Waals surface area contributed by atoms with E-state index in [0.717, 1.165) is 23.9 Å². The molecule has 0 radical (unpaired) electrons. The number of methoxy groups -OCH3 is 1. The summed E-state index contributed by atoms with van der Waals surface area (Å²) in [4.78, 5) is 18.9. The van der Waals surface area contributed by atoms with Crippen molar-refractivity contribution in [3.05, 3.63) is 52.7 Å². The Bertz CT molecular complexity index is 1190. The Morgan fingerprint density at radius 1 is 1.28 bits per heavy atom. The van der Waals surface area contributed by atoms with Crippen LogP contribution in [0.3, 0.4) is 0 Å². The number of nitrogens with zero attached hydrogens (tertiary/aromatic N) is 3. The van der Waals surface area contributed by atoms with E-state index in [1.807, 2.05) is 44.1 Å². The number of ether oxygens (including phenoxy) is 1. The van der Waals surface area contributed by atoms with Gasteiger partial charge in [-0.2, -0.15) is 5.26 Å². The Hall–Kier alpha value is -3.34. The molecule has 0 aliphatic carbocycles. The molecule has 1 amide bonds. The highest BCUT2D eigenvalue weighted by molar-refractivity contribution is 6.32. The molecular formula is C24H26ClN5O2. The molecule has 32 heavy (non-hydrogen) atoms. The summed E-state index contributed by atoms with van der Waals surface area (Å²) in [6, 6.07) is 11.2. The number of anilines is 3. The molecule has 1 heterocycles. The lowest BCUT2D eigenvalue weighted by atomic mass is 10.0. The average molecular weight is 452 g/mol. The van der Waals surface area contributed by atoms with E-state index in [-0.39, 0.29) is 5.91 Å². The van der Waals surface area contributed by atoms with E-state index in [0.29, 0.717) is 45.3 Å². The quantitative estimate of drug-likeness (QED) is 0.495. The van der Waals surface area contributed by atoms with Gasteiger partial charge in [-0.25, -0.2) is 0 Å². The smallest absolute Gasteiger partial charge is 0.224 e. The normalized spacial score (nSPS) is 10.8. The molecule has 0 fully saturated rings. The van der Waals surface area contributed by atoms with E-state index in [1.54, 1.807) is 19.2 Å². The molecule has 0 aliphatic rings. The molecule has 0 saturated carbocycles. The van der Waals surface area contributed by atoms with E-state index in [1.165, 1.54) is 6.20 Å². The zero-order valence-corrected chi connectivity index (χ0v) is 19.4. The van der Waals surface area contributed by atoms with Crippen LogP contribution in [0.1, 0.15) is 24.0 Å². The first-order valence-electron chi connectivity index (χ1n) is 10.2. The summed E-state index contributed by atoms with van der Waals surface area (Å²) >= 11 is 6.26. The predicted molar refractivity (Wildman–Crippen MR) is 129 cm³/mol. The van der Waals surface area contributed by atoms with Gasteiger partial charge in [0, 0.05) is 29.4 Å². The summed E-state index contributed by atoms with van der Waals surface area (Å²) in [7, 11) is 5.52. The number of carbonyl (C=O) groups is 1. The van der Waals surface area contributed by atoms with Gasteiger partial charge in [0.25, 0.3) is 0 Å². The molecule has 2 N–H and O–H groups in total. The first kappa shape index (κ1) is 23.3. The van der Waals surface area contributed by atoms with E-state index in [9.17, 15) is 10.1 Å². The SMILES string of the molecule is COc1ccc(Nc2c(C#N)cnc3cc(C)c(NC(=O)CCCN(C)C)cc23)cc1Cl. The summed E-state index contributed by atoms with van der Waals surface area (Å²) < 4.78 is 5.21. The number of hydrogen-bond acceptors (Lipinski definition) is 6. The number of nitrogens with one attached hydrogen (secondary N) is 2. The fraction of sp³-hybridized carbons (Fsp3) is 0.292. The Morgan fingerprint density at radius 2 is 2.06 bits per heavy atom. The van der Waals surface area contributed by atoms with Crippen molar-refractivity contribution in [2.24, 2.45) is 0 Å². The number of hydrogen-bond donors (Lipinski definition) is 2. The second-order valence-electron chi connectivity index (χ2n) is 7.77. The molecule has 0 spiro atoms. The number of fused-ring (bicyclic) bond motifs is 1. The van der Waals surface area contributed by atoms with Gasteiger partial charge in [-0.05, 0) is 69.9 Å². The van der Waals surface area contributed by atoms with Crippen molar-refractivity contribution in [3.8, 4) is 11.8 Å². The lowest BCUT2D eigenvalue weighted by Gasteiger charge is -2.15. The number of halogens is 1. The number of benzene rings is 2. The molecule has 0 saturated heterocycles. The Kier molecular flexibility index (Phi) is 7.52. The molecule has 3 aromatic rings. The molecule has 8 heteroatoms. The summed E-state index contributed by atoms with van der Waals surface area (Å²) in [5, 5.41) is 17.1. The van der Waals surface area contributed by atoms with Crippen LogP contribution in [0.15, 0.2) is 36.5 Å². The third kappa shape index (κ3) is 5.47. The van der Waals surface area contributed by atoms with Crippen LogP contribution in [0.4, 0.5) is 17.1 Å². The van der Waals surface area contributed by atoms with Gasteiger partial charge in [0.1, 0.15) is 11.8 Å². The maximum atomic E-state index is 12.4. The van der Waals surface area contributed by atoms with E-state index >= 15 is 0 Å². The van der Waals surface area contributed by atoms with Crippen LogP contribution in [0.2, 0.25) is 5.02 Å². The molecule has 3 rings (SSSR count). The fourth-order valence-electron chi connectivity index (χ4n) is 3.35. The maximum Gasteiger partial charge on any atom is 0.224 e. The van der Waals surface area contributed by atoms with Crippen molar-refractivity contribution in [3.63, 3.8) is 0 Å². The van der Waals surface area contributed by atoms with Gasteiger partial charge in [0.05, 0.1) is 28.9 Å². The standard InChI is InChI=1S/C24H26ClN5O2/c1-15-10-21-18(12-20(15)29-23(31)6-5-9-30(2)3)24(16(13-26)14-27-21)28-17-7-8-22(32-4)19(25)11-17/h7-8,10-12,14H,5-6,9H2,1-4H3,(H,27,28)(H,29,31). The minimum Gasteiger partial charge on any atom is -0.495 e. The van der Waals surface area contributed by atoms with Crippen LogP contribution < -0.4 is 15.4 Å². The zero-order valence-electron chi connectivity index (χ0n) is 18.6. The number of nitriles is 1. The number of aryl methyl sites for hydroxylation is 1. The molecule has 0 unspecified atom stereocenters. The van der Waals surface area contributed by atoms with Crippen molar-refractivity contribution in [2.75, 3.05) is 38.4 Å². The summed E-state index contributed by atoms with van der Waals surface area (Å²) in [5.41, 5.74) is 4.00. The summed E-state index contributed by atoms with van der Waals surface area (Å²) in [6.07, 6.45) is 2.74. The van der Waals surface area contributed by atoms with Gasteiger partial charge in [-0.1, -0.05) is 11.6 Å². The molecule has 0 aliphatic heterocycles. The maximum absolute atomic E-state index is 12.4. The third-order valence-electron chi connectivity index (χ3n) is 5.04. The van der Waals surface area contributed by atoms with Gasteiger partial charge in [0.15, 0.2) is 0 Å². The summed E-state index contributed by atoms with van der Waals surface area (Å²) in [5.74, 6) is 0.516. The largest absolute Gasteiger partial charge is 0.495 e. The molecule has 166 valence electrons. The highest BCUT2D eigenvalue weighted by atomic mass is 35.5. The van der Waals surface area contributed by atoms with Crippen LogP contribution in [0.25, 0.3) is 10.9 Å².